The fourth-order valence-corrected chi connectivity index (χ4v) is 4.79. The molecule has 0 aliphatic carbocycles. The summed E-state index contributed by atoms with van der Waals surface area (Å²) < 4.78 is 12.6. The number of hydrogen-bond donors (Lipinski definition) is 0. The van der Waals surface area contributed by atoms with Crippen molar-refractivity contribution in [1.29, 1.82) is 0 Å². The first-order valence-corrected chi connectivity index (χ1v) is 11.0. The number of nitro benzene ring substituents is 1. The number of fused-ring (bicyclic) bond motifs is 1. The number of nitro groups is 1. The summed E-state index contributed by atoms with van der Waals surface area (Å²) in [5.41, 5.74) is 0.980. The number of carbonyl (C=O) groups is 1. The van der Waals surface area contributed by atoms with Crippen molar-refractivity contribution in [2.24, 2.45) is 4.99 Å². The SMILES string of the molecule is CCOC(=O)C1=C(C)N=c2s/c(=C/c3ccc(C)o3)c(=O)n2[C@H]1c1ccc(C)c([N+](=O)[O-])c1. The number of rotatable bonds is 5. The third-order valence-electron chi connectivity index (χ3n) is 5.30. The molecule has 1 aliphatic rings. The molecule has 1 aliphatic heterocycles. The smallest absolute Gasteiger partial charge is 0.338 e. The molecular formula is C23H21N3O6S. The quantitative estimate of drug-likeness (QED) is 0.324. The van der Waals surface area contributed by atoms with Crippen LogP contribution in [0.4, 0.5) is 5.69 Å². The summed E-state index contributed by atoms with van der Waals surface area (Å²) in [5.74, 6) is 0.601. The van der Waals surface area contributed by atoms with Crippen molar-refractivity contribution in [3.05, 3.63) is 94.1 Å². The summed E-state index contributed by atoms with van der Waals surface area (Å²) in [4.78, 5) is 42.3. The monoisotopic (exact) mass is 467 g/mol. The summed E-state index contributed by atoms with van der Waals surface area (Å²) in [6.07, 6.45) is 1.62. The van der Waals surface area contributed by atoms with Gasteiger partial charge < -0.3 is 9.15 Å². The highest BCUT2D eigenvalue weighted by atomic mass is 32.1. The van der Waals surface area contributed by atoms with Crippen molar-refractivity contribution in [3.8, 4) is 0 Å². The first-order valence-electron chi connectivity index (χ1n) is 10.2. The molecule has 0 N–H and O–H groups in total. The molecule has 0 saturated carbocycles. The van der Waals surface area contributed by atoms with Crippen molar-refractivity contribution in [1.82, 2.24) is 4.57 Å². The van der Waals surface area contributed by atoms with E-state index < -0.39 is 16.9 Å². The van der Waals surface area contributed by atoms with Gasteiger partial charge in [0.2, 0.25) is 0 Å². The molecule has 0 bridgehead atoms. The first-order chi connectivity index (χ1) is 15.7. The number of allylic oxidation sites excluding steroid dienone is 1. The van der Waals surface area contributed by atoms with E-state index in [0.29, 0.717) is 37.7 Å². The number of ether oxygens (including phenoxy) is 1. The molecule has 4 rings (SSSR count). The Bertz CT molecular complexity index is 1490. The average Bonchev–Trinajstić information content (AvgIpc) is 3.30. The predicted molar refractivity (Wildman–Crippen MR) is 122 cm³/mol. The zero-order valence-electron chi connectivity index (χ0n) is 18.4. The summed E-state index contributed by atoms with van der Waals surface area (Å²) in [6, 6.07) is 7.31. The van der Waals surface area contributed by atoms with Crippen molar-refractivity contribution in [3.63, 3.8) is 0 Å². The van der Waals surface area contributed by atoms with Gasteiger partial charge in [0.15, 0.2) is 4.80 Å². The van der Waals surface area contributed by atoms with Crippen LogP contribution in [0.1, 0.15) is 42.5 Å². The van der Waals surface area contributed by atoms with Crippen LogP contribution in [-0.4, -0.2) is 22.1 Å². The van der Waals surface area contributed by atoms with Gasteiger partial charge in [-0.25, -0.2) is 9.79 Å². The lowest BCUT2D eigenvalue weighted by molar-refractivity contribution is -0.385. The molecule has 3 heterocycles. The van der Waals surface area contributed by atoms with Gasteiger partial charge in [-0.15, -0.1) is 0 Å². The highest BCUT2D eigenvalue weighted by molar-refractivity contribution is 7.07. The maximum atomic E-state index is 13.5. The van der Waals surface area contributed by atoms with E-state index in [1.807, 2.05) is 0 Å². The topological polar surface area (TPSA) is 117 Å². The van der Waals surface area contributed by atoms with E-state index in [9.17, 15) is 19.7 Å². The van der Waals surface area contributed by atoms with E-state index in [1.54, 1.807) is 58.0 Å². The van der Waals surface area contributed by atoms with E-state index in [0.717, 1.165) is 11.3 Å². The van der Waals surface area contributed by atoms with Gasteiger partial charge in [0.25, 0.3) is 11.2 Å². The standard InChI is InChI=1S/C23H21N3O6S/c1-5-31-22(28)19-14(4)24-23-25(20(19)15-8-6-12(2)17(10-15)26(29)30)21(27)18(33-23)11-16-9-7-13(3)32-16/h6-11,20H,5H2,1-4H3/b18-11+/t20-/m0/s1. The van der Waals surface area contributed by atoms with Gasteiger partial charge in [-0.3, -0.25) is 19.5 Å². The first kappa shape index (κ1) is 22.4. The molecule has 1 aromatic carbocycles. The number of aryl methyl sites for hydroxylation is 2. The van der Waals surface area contributed by atoms with Gasteiger partial charge in [0, 0.05) is 17.7 Å². The van der Waals surface area contributed by atoms with Crippen LogP contribution >= 0.6 is 11.3 Å². The number of hydrogen-bond acceptors (Lipinski definition) is 8. The molecule has 33 heavy (non-hydrogen) atoms. The molecule has 9 nitrogen and oxygen atoms in total. The van der Waals surface area contributed by atoms with E-state index in [1.165, 1.54) is 10.6 Å². The highest BCUT2D eigenvalue weighted by Gasteiger charge is 2.34. The lowest BCUT2D eigenvalue weighted by Crippen LogP contribution is -2.40. The number of aromatic nitrogens is 1. The number of furan rings is 1. The molecule has 0 amide bonds. The Morgan fingerprint density at radius 3 is 2.70 bits per heavy atom. The summed E-state index contributed by atoms with van der Waals surface area (Å²) >= 11 is 1.16. The molecule has 10 heteroatoms. The molecule has 0 radical (unpaired) electrons. The third kappa shape index (κ3) is 4.05. The molecule has 0 spiro atoms. The van der Waals surface area contributed by atoms with E-state index in [2.05, 4.69) is 4.99 Å². The van der Waals surface area contributed by atoms with Crippen LogP contribution < -0.4 is 14.9 Å². The highest BCUT2D eigenvalue weighted by Crippen LogP contribution is 2.33. The van der Waals surface area contributed by atoms with Crippen molar-refractivity contribution < 1.29 is 18.9 Å². The number of thiazole rings is 1. The maximum absolute atomic E-state index is 13.5. The van der Waals surface area contributed by atoms with Gasteiger partial charge in [0.1, 0.15) is 11.5 Å². The predicted octanol–water partition coefficient (Wildman–Crippen LogP) is 2.92. The average molecular weight is 468 g/mol. The van der Waals surface area contributed by atoms with Gasteiger partial charge in [0.05, 0.1) is 33.4 Å². The van der Waals surface area contributed by atoms with Gasteiger partial charge in [-0.2, -0.15) is 0 Å². The maximum Gasteiger partial charge on any atom is 0.338 e. The van der Waals surface area contributed by atoms with Gasteiger partial charge in [-0.05, 0) is 45.4 Å². The Morgan fingerprint density at radius 2 is 2.06 bits per heavy atom. The van der Waals surface area contributed by atoms with Crippen molar-refractivity contribution in [2.75, 3.05) is 6.61 Å². The van der Waals surface area contributed by atoms with Crippen molar-refractivity contribution >= 4 is 29.1 Å². The molecule has 1 atom stereocenters. The van der Waals surface area contributed by atoms with Crippen LogP contribution in [0.2, 0.25) is 0 Å². The Labute approximate surface area is 192 Å². The summed E-state index contributed by atoms with van der Waals surface area (Å²) in [6.45, 7) is 6.91. The Balaban J connectivity index is 1.99. The molecular weight excluding hydrogens is 446 g/mol. The molecule has 0 fully saturated rings. The molecule has 3 aromatic rings. The molecule has 2 aromatic heterocycles. The van der Waals surface area contributed by atoms with E-state index in [-0.39, 0.29) is 23.4 Å². The van der Waals surface area contributed by atoms with Crippen molar-refractivity contribution in [2.45, 2.75) is 33.7 Å². The second-order valence-corrected chi connectivity index (χ2v) is 8.56. The van der Waals surface area contributed by atoms with E-state index >= 15 is 0 Å². The number of benzene rings is 1. The second kappa shape index (κ2) is 8.62. The number of nitrogens with zero attached hydrogens (tertiary/aromatic N) is 3. The fourth-order valence-electron chi connectivity index (χ4n) is 3.76. The minimum atomic E-state index is -0.917. The molecule has 0 saturated heterocycles. The third-order valence-corrected chi connectivity index (χ3v) is 6.28. The van der Waals surface area contributed by atoms with Crippen LogP contribution in [0.25, 0.3) is 6.08 Å². The number of carbonyl (C=O) groups excluding carboxylic acids is 1. The minimum Gasteiger partial charge on any atom is -0.463 e. The zero-order valence-corrected chi connectivity index (χ0v) is 19.3. The summed E-state index contributed by atoms with van der Waals surface area (Å²) in [7, 11) is 0. The Morgan fingerprint density at radius 1 is 1.30 bits per heavy atom. The van der Waals surface area contributed by atoms with Crippen LogP contribution in [0.5, 0.6) is 0 Å². The lowest BCUT2D eigenvalue weighted by Gasteiger charge is -2.24. The fraction of sp³-hybridized carbons (Fsp3) is 0.261. The van der Waals surface area contributed by atoms with Crippen LogP contribution in [0.15, 0.2) is 55.8 Å². The molecule has 170 valence electrons. The van der Waals surface area contributed by atoms with Crippen LogP contribution in [0, 0.1) is 24.0 Å². The number of esters is 1. The minimum absolute atomic E-state index is 0.0986. The normalized spacial score (nSPS) is 15.9. The Hall–Kier alpha value is -3.79. The van der Waals surface area contributed by atoms with Crippen LogP contribution in [-0.2, 0) is 9.53 Å². The second-order valence-electron chi connectivity index (χ2n) is 7.55. The molecule has 0 unspecified atom stereocenters. The summed E-state index contributed by atoms with van der Waals surface area (Å²) in [5, 5.41) is 11.6. The lowest BCUT2D eigenvalue weighted by atomic mass is 9.94. The Kier molecular flexibility index (Phi) is 5.86. The van der Waals surface area contributed by atoms with Crippen LogP contribution in [0.3, 0.4) is 0 Å². The zero-order chi connectivity index (χ0) is 23.9. The van der Waals surface area contributed by atoms with Gasteiger partial charge in [-0.1, -0.05) is 23.5 Å². The van der Waals surface area contributed by atoms with Gasteiger partial charge >= 0.3 is 5.97 Å². The largest absolute Gasteiger partial charge is 0.463 e. The van der Waals surface area contributed by atoms with E-state index in [4.69, 9.17) is 9.15 Å².